The van der Waals surface area contributed by atoms with Gasteiger partial charge in [0.15, 0.2) is 11.6 Å². The number of hydrogen-bond acceptors (Lipinski definition) is 23. The normalized spacial score (nSPS) is 24.1. The average Bonchev–Trinajstić information content (AvgIpc) is 1.53. The highest BCUT2D eigenvalue weighted by Gasteiger charge is 2.69. The second kappa shape index (κ2) is 44.1. The third-order valence-corrected chi connectivity index (χ3v) is 28.1. The van der Waals surface area contributed by atoms with Crippen LogP contribution in [0.2, 0.25) is 0 Å². The smallest absolute Gasteiger partial charge is 0.411 e. The van der Waals surface area contributed by atoms with Crippen molar-refractivity contribution in [2.45, 2.75) is 266 Å². The number of fused-ring (bicyclic) bond motifs is 7. The van der Waals surface area contributed by atoms with E-state index in [1.165, 1.54) is 91.0 Å². The van der Waals surface area contributed by atoms with Crippen LogP contribution >= 0.6 is 47.8 Å². The van der Waals surface area contributed by atoms with Crippen molar-refractivity contribution in [3.63, 3.8) is 0 Å². The summed E-state index contributed by atoms with van der Waals surface area (Å²) in [5.74, 6) is 1.08. The molecule has 7 N–H and O–H groups in total. The number of aliphatic carboxylic acids is 1. The Kier molecular flexibility index (Phi) is 33.8. The Balaban J connectivity index is 0.000000165. The molecule has 3 saturated heterocycles. The Morgan fingerprint density at radius 3 is 1.43 bits per heavy atom. The predicted molar refractivity (Wildman–Crippen MR) is 525 cm³/mol. The van der Waals surface area contributed by atoms with Crippen LogP contribution in [0.25, 0.3) is 33.2 Å². The average molecular weight is 2000 g/mol. The topological polar surface area (TPSA) is 374 Å². The molecule has 2 aromatic carbocycles. The van der Waals surface area contributed by atoms with E-state index in [9.17, 15) is 38.4 Å². The molecule has 708 valence electrons. The number of ether oxygens (including phenoxy) is 1. The number of aromatic nitrogens is 9. The van der Waals surface area contributed by atoms with Crippen LogP contribution < -0.4 is 26.6 Å². The highest BCUT2D eigenvalue weighted by Crippen LogP contribution is 2.62. The molecule has 6 aromatic heterocycles. The third kappa shape index (κ3) is 25.2. The number of halogens is 3. The summed E-state index contributed by atoms with van der Waals surface area (Å²) < 4.78 is 9.44. The van der Waals surface area contributed by atoms with Crippen LogP contribution in [0, 0.1) is 35.5 Å². The molecule has 6 bridgehead atoms. The van der Waals surface area contributed by atoms with Crippen LogP contribution in [-0.2, 0) is 59.3 Å². The van der Waals surface area contributed by atoms with Crippen LogP contribution in [0.3, 0.4) is 0 Å². The Labute approximate surface area is 801 Å². The number of anilines is 4. The number of piperidine rings is 3. The summed E-state index contributed by atoms with van der Waals surface area (Å²) in [6.07, 6.45) is 32.2. The molecule has 9 atom stereocenters. The Hall–Kier alpha value is -9.77. The minimum atomic E-state index is -1.03. The molecule has 9 aliphatic rings. The van der Waals surface area contributed by atoms with Gasteiger partial charge in [0.05, 0.1) is 11.6 Å². The highest BCUT2D eigenvalue weighted by atomic mass is 79.9. The summed E-state index contributed by atoms with van der Waals surface area (Å²) in [7, 11) is 6.55. The number of ketones is 2. The molecule has 8 aromatic rings. The molecule has 5 amide bonds. The van der Waals surface area contributed by atoms with Crippen LogP contribution in [0.1, 0.15) is 229 Å². The number of nitrogens with one attached hydrogen (secondary N) is 6. The van der Waals surface area contributed by atoms with Gasteiger partial charge in [-0.05, 0) is 290 Å². The van der Waals surface area contributed by atoms with E-state index in [0.717, 1.165) is 153 Å². The standard InChI is InChI=1S/C36H41BrN8O3.C25H37BrN4O3.C20H29BrN4O.C16H16N4O3.2CH4/c1-22(46)33-27-15-25(26-18-38-23(2)39-19-26)10-12-28(27)44(42-33)20-32(47)45-29-16-36(17-30(36)45)21-43(3)14-8-6-4-5-7-9-24-11-13-31(37)40-34(24)41-35(29)48;1-24(2,3)33-23(32)30-18-14-25(15-19(25)30)16-29(4)13-9-7-5-6-8-10-17-11-12-20(26)27-21(17)28-22(18)31;1-25-10-6-4-2-3-5-7-14-8-9-17(21)23-18(14)24-19(26)15-11-20(13-25)12-16(20)22-15;1-9(21)16(17)13-5-11(12-6-18-10(2)19-7-12)3-4-14(13)20-8-15(22)23;;/h10-13,15,18-19,29-30H,4-9,14,16-17,20-21H2,1-3H3,(H,40,41,48);11-12,18-19H,5-10,13-16H2,1-4H3,(H,27,28,31);8-9,15-16,22H,2-7,10-13H2,1H3,(H,23,24,26);3-7,17,20H,8H2,1-2H3,(H,22,23);2*1H4/t29-,30+,36-;18-,19+,25-;15-,16+,20-;;;/m000.../s1. The molecule has 3 spiro atoms. The third-order valence-electron chi connectivity index (χ3n) is 26.8. The van der Waals surface area contributed by atoms with Crippen LogP contribution in [0.15, 0.2) is 111 Å². The molecule has 33 heteroatoms. The molecule has 6 fully saturated rings. The fourth-order valence-electron chi connectivity index (χ4n) is 20.0. The lowest BCUT2D eigenvalue weighted by Gasteiger charge is -2.30. The second-order valence-corrected chi connectivity index (χ2v) is 40.7. The summed E-state index contributed by atoms with van der Waals surface area (Å²) in [5, 5.41) is 37.6. The first kappa shape index (κ1) is 101. The van der Waals surface area contributed by atoms with Gasteiger partial charge >= 0.3 is 12.1 Å². The van der Waals surface area contributed by atoms with Gasteiger partial charge in [0.25, 0.3) is 0 Å². The first-order valence-corrected chi connectivity index (χ1v) is 48.3. The highest BCUT2D eigenvalue weighted by molar-refractivity contribution is 9.11. The fourth-order valence-corrected chi connectivity index (χ4v) is 20.9. The Bertz CT molecular complexity index is 5520. The summed E-state index contributed by atoms with van der Waals surface area (Å²) in [4.78, 5) is 144. The van der Waals surface area contributed by atoms with Crippen molar-refractivity contribution in [1.82, 2.24) is 74.5 Å². The first-order chi connectivity index (χ1) is 62.1. The maximum absolute atomic E-state index is 14.3. The molecule has 30 nitrogen and oxygen atoms in total. The molecular weight excluding hydrogens is 1870 g/mol. The van der Waals surface area contributed by atoms with Gasteiger partial charge in [-0.15, -0.1) is 0 Å². The van der Waals surface area contributed by atoms with Crippen LogP contribution in [0.4, 0.5) is 27.9 Å². The van der Waals surface area contributed by atoms with Gasteiger partial charge in [0.1, 0.15) is 85.1 Å². The number of nitrogens with zero attached hydrogens (tertiary/aromatic N) is 14. The van der Waals surface area contributed by atoms with E-state index in [-0.39, 0.29) is 92.0 Å². The predicted octanol–water partition coefficient (Wildman–Crippen LogP) is 17.1. The number of carboxylic acids is 1. The zero-order valence-electron chi connectivity index (χ0n) is 76.3. The largest absolute Gasteiger partial charge is 0.480 e. The van der Waals surface area contributed by atoms with E-state index < -0.39 is 35.5 Å². The Morgan fingerprint density at radius 2 is 0.970 bits per heavy atom. The van der Waals surface area contributed by atoms with Crippen molar-refractivity contribution >= 4 is 135 Å². The summed E-state index contributed by atoms with van der Waals surface area (Å²) >= 11 is 10.4. The maximum Gasteiger partial charge on any atom is 0.411 e. The lowest BCUT2D eigenvalue weighted by molar-refractivity contribution is -0.138. The van der Waals surface area contributed by atoms with E-state index in [1.54, 1.807) is 64.4 Å². The lowest BCUT2D eigenvalue weighted by atomic mass is 9.98. The van der Waals surface area contributed by atoms with E-state index in [1.807, 2.05) is 76.2 Å². The van der Waals surface area contributed by atoms with Gasteiger partial charge in [0.2, 0.25) is 23.6 Å². The number of pyridine rings is 3. The molecular formula is C99H131Br3N20O10. The van der Waals surface area contributed by atoms with E-state index in [0.29, 0.717) is 84.6 Å². The minimum Gasteiger partial charge on any atom is -0.480 e. The summed E-state index contributed by atoms with van der Waals surface area (Å²) in [6.45, 7) is 17.7. The monoisotopic (exact) mass is 2000 g/mol. The van der Waals surface area contributed by atoms with Crippen molar-refractivity contribution < 1.29 is 48.2 Å². The van der Waals surface area contributed by atoms with Crippen molar-refractivity contribution in [3.8, 4) is 22.3 Å². The van der Waals surface area contributed by atoms with E-state index >= 15 is 0 Å². The fraction of sp³-hybridized carbons (Fsp3) is 0.545. The molecule has 17 rings (SSSR count). The zero-order chi connectivity index (χ0) is 92.5. The number of carbonyl (C=O) groups is 8. The molecule has 132 heavy (non-hydrogen) atoms. The van der Waals surface area contributed by atoms with Crippen molar-refractivity contribution in [2.24, 2.45) is 16.2 Å². The van der Waals surface area contributed by atoms with E-state index in [4.69, 9.17) is 15.3 Å². The minimum absolute atomic E-state index is 0. The molecule has 3 saturated carbocycles. The van der Waals surface area contributed by atoms with Crippen molar-refractivity contribution in [2.75, 3.05) is 88.2 Å². The number of rotatable bonds is 10. The van der Waals surface area contributed by atoms with Gasteiger partial charge in [0, 0.05) is 120 Å². The van der Waals surface area contributed by atoms with Crippen molar-refractivity contribution in [1.29, 1.82) is 5.41 Å². The number of amides is 5. The molecule has 0 unspecified atom stereocenters. The SMILES string of the molecule is C.C.CC(=O)C(=N)c1cc(-c2cnc(C)nc2)ccc1NCC(=O)O.CC(=O)c1nn(CC(=O)N2[C@H]3C[C@]4(C[C@@H]24)CN(C)CCCCCCCc2ccc(Br)nc2NC3=O)c2ccc(-c3cnc(C)nc3)cc12.CN1CCCCCCCc2ccc(Br)nc2NC(=O)[C@@H]2C[C@]3(C[C@H]3N2)C1.CN1CCCCCCCc2ccc(Br)nc2NC(=O)[C@@H]2C[C@]3(C[C@H]3N2C(=O)OC(C)(C)C)C1. The number of benzene rings is 2. The number of Topliss-reactive ketones (excluding diaryl/α,β-unsaturated/α-hetero) is 2. The Morgan fingerprint density at radius 1 is 0.538 bits per heavy atom. The number of hydrogen-bond donors (Lipinski definition) is 7. The summed E-state index contributed by atoms with van der Waals surface area (Å²) in [5.41, 5.74) is 7.47. The van der Waals surface area contributed by atoms with Gasteiger partial charge in [-0.2, -0.15) is 5.10 Å². The van der Waals surface area contributed by atoms with Gasteiger partial charge in [-0.3, -0.25) is 48.6 Å². The molecule has 3 aliphatic carbocycles. The van der Waals surface area contributed by atoms with Gasteiger partial charge < -0.3 is 56.0 Å². The van der Waals surface area contributed by atoms with E-state index in [2.05, 4.69) is 156 Å². The van der Waals surface area contributed by atoms with Gasteiger partial charge in [-0.1, -0.05) is 103 Å². The first-order valence-electron chi connectivity index (χ1n) is 46.0. The quantitative estimate of drug-likeness (QED) is 0.0380. The molecule has 6 aliphatic heterocycles. The van der Waals surface area contributed by atoms with Crippen molar-refractivity contribution in [3.05, 3.63) is 151 Å². The zero-order valence-corrected chi connectivity index (χ0v) is 81.1. The second-order valence-electron chi connectivity index (χ2n) is 38.3. The number of aryl methyl sites for hydroxylation is 5. The maximum atomic E-state index is 14.3. The summed E-state index contributed by atoms with van der Waals surface area (Å²) in [6, 6.07) is 22.0. The lowest BCUT2D eigenvalue weighted by Crippen LogP contribution is -2.47. The number of carbonyl (C=O) groups excluding carboxylic acids is 7. The molecule has 12 heterocycles. The molecule has 0 radical (unpaired) electrons. The number of likely N-dealkylation sites (tertiary alicyclic amines) is 2. The van der Waals surface area contributed by atoms with Crippen LogP contribution in [-0.4, -0.2) is 236 Å². The number of carboxylic acid groups (broad SMARTS) is 1. The van der Waals surface area contributed by atoms with Crippen LogP contribution in [0.5, 0.6) is 0 Å². The van der Waals surface area contributed by atoms with Gasteiger partial charge in [-0.25, -0.2) is 39.7 Å².